The zero-order valence-corrected chi connectivity index (χ0v) is 13.5. The van der Waals surface area contributed by atoms with Gasteiger partial charge in [0.25, 0.3) is 0 Å². The molecule has 0 aliphatic heterocycles. The minimum absolute atomic E-state index is 0.265. The Labute approximate surface area is 143 Å². The molecule has 0 atom stereocenters. The molecule has 0 saturated carbocycles. The first-order chi connectivity index (χ1) is 11.2. The molecular formula is C16H13Cl2N3O2. The molecule has 2 heterocycles. The number of ether oxygens (including phenoxy) is 1. The van der Waals surface area contributed by atoms with Crippen LogP contribution in [0.3, 0.4) is 0 Å². The van der Waals surface area contributed by atoms with Crippen molar-refractivity contribution in [2.75, 3.05) is 0 Å². The summed E-state index contributed by atoms with van der Waals surface area (Å²) in [5.41, 5.74) is 7.54. The Hall–Kier alpha value is -2.08. The maximum absolute atomic E-state index is 6.11. The summed E-state index contributed by atoms with van der Waals surface area (Å²) >= 11 is 12.2. The van der Waals surface area contributed by atoms with Crippen molar-refractivity contribution in [2.24, 2.45) is 5.73 Å². The van der Waals surface area contributed by atoms with E-state index in [-0.39, 0.29) is 6.61 Å². The topological polar surface area (TPSA) is 74.2 Å². The normalized spacial score (nSPS) is 10.7. The number of halogens is 2. The zero-order chi connectivity index (χ0) is 16.2. The van der Waals surface area contributed by atoms with Gasteiger partial charge in [-0.05, 0) is 24.3 Å². The van der Waals surface area contributed by atoms with E-state index in [1.807, 2.05) is 0 Å². The molecule has 0 spiro atoms. The maximum Gasteiger partial charge on any atom is 0.150 e. The van der Waals surface area contributed by atoms with Crippen molar-refractivity contribution in [3.05, 3.63) is 64.0 Å². The van der Waals surface area contributed by atoms with E-state index >= 15 is 0 Å². The molecule has 0 saturated heterocycles. The number of benzene rings is 1. The largest absolute Gasteiger partial charge is 0.487 e. The van der Waals surface area contributed by atoms with E-state index in [0.717, 1.165) is 5.56 Å². The third-order valence-electron chi connectivity index (χ3n) is 3.20. The Balaban J connectivity index is 1.70. The molecule has 7 heteroatoms. The van der Waals surface area contributed by atoms with E-state index in [9.17, 15) is 0 Å². The van der Waals surface area contributed by atoms with Crippen LogP contribution in [0.4, 0.5) is 0 Å². The first-order valence-electron chi connectivity index (χ1n) is 6.85. The number of nitrogens with two attached hydrogens (primary N) is 1. The van der Waals surface area contributed by atoms with Crippen LogP contribution in [0, 0.1) is 0 Å². The van der Waals surface area contributed by atoms with Crippen molar-refractivity contribution < 1.29 is 9.26 Å². The Bertz CT molecular complexity index is 783. The van der Waals surface area contributed by atoms with Gasteiger partial charge in [-0.2, -0.15) is 0 Å². The van der Waals surface area contributed by atoms with Gasteiger partial charge in [-0.15, -0.1) is 0 Å². The quantitative estimate of drug-likeness (QED) is 0.750. The minimum atomic E-state index is 0.265. The minimum Gasteiger partial charge on any atom is -0.487 e. The Morgan fingerprint density at radius 3 is 2.48 bits per heavy atom. The average molecular weight is 350 g/mol. The van der Waals surface area contributed by atoms with Crippen LogP contribution in [-0.4, -0.2) is 10.1 Å². The molecule has 23 heavy (non-hydrogen) atoms. The molecule has 2 aromatic heterocycles. The average Bonchev–Trinajstić information content (AvgIpc) is 3.04. The zero-order valence-electron chi connectivity index (χ0n) is 12.0. The fourth-order valence-corrected chi connectivity index (χ4v) is 2.48. The molecule has 2 N–H and O–H groups in total. The lowest BCUT2D eigenvalue weighted by molar-refractivity contribution is 0.305. The van der Waals surface area contributed by atoms with Gasteiger partial charge >= 0.3 is 0 Å². The molecule has 5 nitrogen and oxygen atoms in total. The van der Waals surface area contributed by atoms with Gasteiger partial charge in [-0.1, -0.05) is 34.4 Å². The maximum atomic E-state index is 6.11. The lowest BCUT2D eigenvalue weighted by Gasteiger charge is -2.09. The third kappa shape index (κ3) is 3.64. The van der Waals surface area contributed by atoms with Gasteiger partial charge in [-0.3, -0.25) is 4.98 Å². The van der Waals surface area contributed by atoms with Gasteiger partial charge in [0.15, 0.2) is 5.76 Å². The van der Waals surface area contributed by atoms with E-state index in [2.05, 4.69) is 10.1 Å². The number of aromatic nitrogens is 2. The molecule has 0 bridgehead atoms. The predicted octanol–water partition coefficient (Wildman–Crippen LogP) is 4.08. The predicted molar refractivity (Wildman–Crippen MR) is 88.4 cm³/mol. The summed E-state index contributed by atoms with van der Waals surface area (Å²) in [5, 5.41) is 5.05. The van der Waals surface area contributed by atoms with Crippen LogP contribution in [0.15, 0.2) is 47.1 Å². The first kappa shape index (κ1) is 15.8. The first-order valence-corrected chi connectivity index (χ1v) is 7.60. The van der Waals surface area contributed by atoms with Crippen molar-refractivity contribution in [3.63, 3.8) is 0 Å². The number of hydrogen-bond acceptors (Lipinski definition) is 5. The summed E-state index contributed by atoms with van der Waals surface area (Å²) in [6.07, 6.45) is 1.61. The molecule has 0 radical (unpaired) electrons. The van der Waals surface area contributed by atoms with E-state index in [1.165, 1.54) is 0 Å². The van der Waals surface area contributed by atoms with Crippen LogP contribution in [-0.2, 0) is 13.2 Å². The van der Waals surface area contributed by atoms with Crippen LogP contribution in [0.2, 0.25) is 10.0 Å². The van der Waals surface area contributed by atoms with E-state index < -0.39 is 0 Å². The molecule has 118 valence electrons. The van der Waals surface area contributed by atoms with Crippen molar-refractivity contribution in [3.8, 4) is 17.1 Å². The van der Waals surface area contributed by atoms with Crippen molar-refractivity contribution >= 4 is 23.2 Å². The molecule has 0 aliphatic rings. The highest BCUT2D eigenvalue weighted by atomic mass is 35.5. The van der Waals surface area contributed by atoms with Gasteiger partial charge in [0, 0.05) is 21.7 Å². The number of hydrogen-bond donors (Lipinski definition) is 1. The smallest absolute Gasteiger partial charge is 0.150 e. The van der Waals surface area contributed by atoms with Crippen LogP contribution in [0.1, 0.15) is 11.3 Å². The summed E-state index contributed by atoms with van der Waals surface area (Å²) in [6, 6.07) is 10.7. The van der Waals surface area contributed by atoms with Crippen LogP contribution >= 0.6 is 23.2 Å². The molecule has 0 unspecified atom stereocenters. The van der Waals surface area contributed by atoms with Crippen LogP contribution in [0.25, 0.3) is 11.4 Å². The Morgan fingerprint density at radius 2 is 1.87 bits per heavy atom. The Kier molecular flexibility index (Phi) is 4.81. The molecule has 0 fully saturated rings. The Morgan fingerprint density at radius 1 is 1.09 bits per heavy atom. The number of rotatable bonds is 5. The van der Waals surface area contributed by atoms with Crippen molar-refractivity contribution in [2.45, 2.75) is 13.2 Å². The number of pyridine rings is 1. The van der Waals surface area contributed by atoms with Crippen molar-refractivity contribution in [1.29, 1.82) is 0 Å². The monoisotopic (exact) mass is 349 g/mol. The fourth-order valence-electron chi connectivity index (χ4n) is 1.97. The second-order valence-corrected chi connectivity index (χ2v) is 5.57. The van der Waals surface area contributed by atoms with Gasteiger partial charge in [0.2, 0.25) is 0 Å². The molecular weight excluding hydrogens is 337 g/mol. The van der Waals surface area contributed by atoms with Crippen LogP contribution in [0.5, 0.6) is 5.75 Å². The van der Waals surface area contributed by atoms with Crippen molar-refractivity contribution in [1.82, 2.24) is 10.1 Å². The van der Waals surface area contributed by atoms with Gasteiger partial charge in [-0.25, -0.2) is 0 Å². The molecule has 0 amide bonds. The lowest BCUT2D eigenvalue weighted by atomic mass is 10.2. The fraction of sp³-hybridized carbons (Fsp3) is 0.125. The molecule has 1 aromatic carbocycles. The second kappa shape index (κ2) is 7.00. The molecule has 0 aliphatic carbocycles. The summed E-state index contributed by atoms with van der Waals surface area (Å²) in [4.78, 5) is 4.30. The van der Waals surface area contributed by atoms with Gasteiger partial charge in [0.05, 0.1) is 18.4 Å². The van der Waals surface area contributed by atoms with Gasteiger partial charge < -0.3 is 15.0 Å². The summed E-state index contributed by atoms with van der Waals surface area (Å²) in [7, 11) is 0. The summed E-state index contributed by atoms with van der Waals surface area (Å²) < 4.78 is 10.7. The van der Waals surface area contributed by atoms with E-state index in [0.29, 0.717) is 39.5 Å². The van der Waals surface area contributed by atoms with E-state index in [1.54, 1.807) is 42.6 Å². The third-order valence-corrected chi connectivity index (χ3v) is 3.91. The highest BCUT2D eigenvalue weighted by molar-refractivity contribution is 6.35. The molecule has 3 aromatic rings. The lowest BCUT2D eigenvalue weighted by Crippen LogP contribution is -1.98. The second-order valence-electron chi connectivity index (χ2n) is 4.75. The highest BCUT2D eigenvalue weighted by Crippen LogP contribution is 2.26. The summed E-state index contributed by atoms with van der Waals surface area (Å²) in [5.74, 6) is 1.21. The van der Waals surface area contributed by atoms with Gasteiger partial charge in [0.1, 0.15) is 18.1 Å². The number of nitrogens with zero attached hydrogens (tertiary/aromatic N) is 2. The molecule has 3 rings (SSSR count). The SMILES string of the molecule is NCc1cc(-c2ccc(OCc3c(Cl)cccc3Cl)cn2)no1. The van der Waals surface area contributed by atoms with Crippen LogP contribution < -0.4 is 10.5 Å². The standard InChI is InChI=1S/C16H13Cl2N3O2/c17-13-2-1-3-14(18)12(13)9-22-10-4-5-15(20-8-10)16-6-11(7-19)23-21-16/h1-6,8H,7,9,19H2. The van der Waals surface area contributed by atoms with E-state index in [4.69, 9.17) is 38.2 Å². The highest BCUT2D eigenvalue weighted by Gasteiger charge is 2.09. The summed E-state index contributed by atoms with van der Waals surface area (Å²) in [6.45, 7) is 0.563.